The van der Waals surface area contributed by atoms with Crippen LogP contribution in [0.25, 0.3) is 10.9 Å². The fourth-order valence-electron chi connectivity index (χ4n) is 1.52. The van der Waals surface area contributed by atoms with Crippen LogP contribution >= 0.6 is 0 Å². The Morgan fingerprint density at radius 3 is 2.86 bits per heavy atom. The first-order valence-corrected chi connectivity index (χ1v) is 4.29. The quantitative estimate of drug-likeness (QED) is 0.683. The first-order valence-electron chi connectivity index (χ1n) is 4.29. The van der Waals surface area contributed by atoms with Gasteiger partial charge in [0.15, 0.2) is 0 Å². The molecule has 0 aliphatic rings. The fraction of sp³-hybridized carbons (Fsp3) is 0.100. The number of fused-ring (bicyclic) bond motifs is 1. The van der Waals surface area contributed by atoms with Gasteiger partial charge in [-0.25, -0.2) is 0 Å². The molecule has 14 heavy (non-hydrogen) atoms. The molecule has 2 rings (SSSR count). The Hall–Kier alpha value is -1.97. The number of carbonyl (C=O) groups excluding carboxylic acids is 1. The van der Waals surface area contributed by atoms with Crippen molar-refractivity contribution in [3.8, 4) is 0 Å². The second-order valence-corrected chi connectivity index (χ2v) is 3.23. The molecular weight excluding hydrogens is 178 g/mol. The molecule has 2 aromatic rings. The standard InChI is InChI=1S/C10H11N3O/c11-8-1-2-9-7(5-8)3-4-13(9)6-10(12)14/h1-5H,6,11H2,(H2,12,14). The monoisotopic (exact) mass is 189 g/mol. The van der Waals surface area contributed by atoms with Gasteiger partial charge in [-0.15, -0.1) is 0 Å². The summed E-state index contributed by atoms with van der Waals surface area (Å²) >= 11 is 0. The molecule has 0 atom stereocenters. The Balaban J connectivity index is 2.52. The Morgan fingerprint density at radius 1 is 1.36 bits per heavy atom. The summed E-state index contributed by atoms with van der Waals surface area (Å²) in [6.07, 6.45) is 1.83. The summed E-state index contributed by atoms with van der Waals surface area (Å²) in [6.45, 7) is 0.202. The second-order valence-electron chi connectivity index (χ2n) is 3.23. The molecule has 4 heteroatoms. The second kappa shape index (κ2) is 3.06. The lowest BCUT2D eigenvalue weighted by Gasteiger charge is -2.01. The van der Waals surface area contributed by atoms with E-state index in [2.05, 4.69) is 0 Å². The van der Waals surface area contributed by atoms with Gasteiger partial charge in [0.25, 0.3) is 0 Å². The van der Waals surface area contributed by atoms with Crippen molar-refractivity contribution in [1.29, 1.82) is 0 Å². The van der Waals surface area contributed by atoms with Crippen LogP contribution in [-0.4, -0.2) is 10.5 Å². The molecule has 0 saturated heterocycles. The van der Waals surface area contributed by atoms with E-state index < -0.39 is 0 Å². The van der Waals surface area contributed by atoms with E-state index in [1.165, 1.54) is 0 Å². The van der Waals surface area contributed by atoms with Crippen molar-refractivity contribution in [1.82, 2.24) is 4.57 Å². The van der Waals surface area contributed by atoms with Crippen molar-refractivity contribution in [3.05, 3.63) is 30.5 Å². The molecule has 0 bridgehead atoms. The summed E-state index contributed by atoms with van der Waals surface area (Å²) in [5.41, 5.74) is 12.4. The highest BCUT2D eigenvalue weighted by molar-refractivity contribution is 5.85. The Morgan fingerprint density at radius 2 is 2.14 bits per heavy atom. The first-order chi connectivity index (χ1) is 6.66. The highest BCUT2D eigenvalue weighted by Gasteiger charge is 2.02. The van der Waals surface area contributed by atoms with Crippen molar-refractivity contribution in [2.45, 2.75) is 6.54 Å². The van der Waals surface area contributed by atoms with Crippen molar-refractivity contribution in [2.24, 2.45) is 5.73 Å². The van der Waals surface area contributed by atoms with Gasteiger partial charge < -0.3 is 16.0 Å². The predicted molar refractivity (Wildman–Crippen MR) is 55.5 cm³/mol. The smallest absolute Gasteiger partial charge is 0.237 e. The minimum atomic E-state index is -0.348. The van der Waals surface area contributed by atoms with Gasteiger partial charge in [0.05, 0.1) is 0 Å². The van der Waals surface area contributed by atoms with Crippen LogP contribution in [-0.2, 0) is 11.3 Å². The van der Waals surface area contributed by atoms with Crippen molar-refractivity contribution in [3.63, 3.8) is 0 Å². The molecule has 0 aliphatic carbocycles. The third-order valence-corrected chi connectivity index (χ3v) is 2.12. The minimum Gasteiger partial charge on any atom is -0.399 e. The SMILES string of the molecule is NC(=O)Cn1ccc2cc(N)ccc21. The van der Waals surface area contributed by atoms with Crippen molar-refractivity contribution < 1.29 is 4.79 Å². The lowest BCUT2D eigenvalue weighted by atomic mass is 10.2. The maximum Gasteiger partial charge on any atom is 0.237 e. The lowest BCUT2D eigenvalue weighted by molar-refractivity contribution is -0.118. The third-order valence-electron chi connectivity index (χ3n) is 2.12. The molecule has 1 heterocycles. The van der Waals surface area contributed by atoms with Gasteiger partial charge in [-0.05, 0) is 24.3 Å². The van der Waals surface area contributed by atoms with Gasteiger partial charge >= 0.3 is 0 Å². The minimum absolute atomic E-state index is 0.202. The third kappa shape index (κ3) is 1.42. The van der Waals surface area contributed by atoms with E-state index in [9.17, 15) is 4.79 Å². The van der Waals surface area contributed by atoms with Gasteiger partial charge in [0.1, 0.15) is 6.54 Å². The summed E-state index contributed by atoms with van der Waals surface area (Å²) in [5.74, 6) is -0.348. The summed E-state index contributed by atoms with van der Waals surface area (Å²) in [7, 11) is 0. The van der Waals surface area contributed by atoms with E-state index >= 15 is 0 Å². The van der Waals surface area contributed by atoms with Gasteiger partial charge in [-0.3, -0.25) is 4.79 Å². The van der Waals surface area contributed by atoms with Gasteiger partial charge in [0, 0.05) is 22.8 Å². The summed E-state index contributed by atoms with van der Waals surface area (Å²) in [4.78, 5) is 10.8. The first kappa shape index (κ1) is 8.62. The molecule has 0 radical (unpaired) electrons. The highest BCUT2D eigenvalue weighted by atomic mass is 16.1. The fourth-order valence-corrected chi connectivity index (χ4v) is 1.52. The molecule has 72 valence electrons. The number of benzene rings is 1. The number of rotatable bonds is 2. The van der Waals surface area contributed by atoms with Crippen molar-refractivity contribution in [2.75, 3.05) is 5.73 Å². The average molecular weight is 189 g/mol. The zero-order valence-corrected chi connectivity index (χ0v) is 7.60. The molecular formula is C10H11N3O. The zero-order valence-electron chi connectivity index (χ0n) is 7.60. The van der Waals surface area contributed by atoms with Gasteiger partial charge in [0.2, 0.25) is 5.91 Å². The highest BCUT2D eigenvalue weighted by Crippen LogP contribution is 2.18. The number of amides is 1. The van der Waals surface area contributed by atoms with Crippen LogP contribution in [0, 0.1) is 0 Å². The van der Waals surface area contributed by atoms with E-state index in [4.69, 9.17) is 11.5 Å². The van der Waals surface area contributed by atoms with Crippen molar-refractivity contribution >= 4 is 22.5 Å². The molecule has 1 aromatic carbocycles. The number of hydrogen-bond donors (Lipinski definition) is 2. The van der Waals surface area contributed by atoms with Crippen LogP contribution in [0.5, 0.6) is 0 Å². The number of nitrogen functional groups attached to an aromatic ring is 1. The Kier molecular flexibility index (Phi) is 1.89. The Labute approximate surface area is 81.1 Å². The van der Waals surface area contributed by atoms with E-state index in [1.54, 1.807) is 10.6 Å². The molecule has 0 fully saturated rings. The van der Waals surface area contributed by atoms with Crippen LogP contribution in [0.15, 0.2) is 30.5 Å². The maximum absolute atomic E-state index is 10.8. The van der Waals surface area contributed by atoms with Gasteiger partial charge in [-0.2, -0.15) is 0 Å². The van der Waals surface area contributed by atoms with E-state index in [0.717, 1.165) is 10.9 Å². The summed E-state index contributed by atoms with van der Waals surface area (Å²) in [6, 6.07) is 7.47. The normalized spacial score (nSPS) is 10.6. The molecule has 1 aromatic heterocycles. The molecule has 0 unspecified atom stereocenters. The van der Waals surface area contributed by atoms with E-state index in [1.807, 2.05) is 24.4 Å². The Bertz CT molecular complexity index is 487. The molecule has 4 N–H and O–H groups in total. The number of anilines is 1. The number of hydrogen-bond acceptors (Lipinski definition) is 2. The van der Waals surface area contributed by atoms with Crippen LogP contribution in [0.1, 0.15) is 0 Å². The molecule has 0 aliphatic heterocycles. The maximum atomic E-state index is 10.8. The summed E-state index contributed by atoms with van der Waals surface area (Å²) < 4.78 is 1.80. The molecule has 1 amide bonds. The van der Waals surface area contributed by atoms with Crippen LogP contribution < -0.4 is 11.5 Å². The number of primary amides is 1. The van der Waals surface area contributed by atoms with E-state index in [-0.39, 0.29) is 12.5 Å². The summed E-state index contributed by atoms with van der Waals surface area (Å²) in [5, 5.41) is 1.02. The molecule has 4 nitrogen and oxygen atoms in total. The topological polar surface area (TPSA) is 74.0 Å². The van der Waals surface area contributed by atoms with Gasteiger partial charge in [-0.1, -0.05) is 0 Å². The molecule has 0 saturated carbocycles. The van der Waals surface area contributed by atoms with Crippen LogP contribution in [0.3, 0.4) is 0 Å². The lowest BCUT2D eigenvalue weighted by Crippen LogP contribution is -2.17. The largest absolute Gasteiger partial charge is 0.399 e. The molecule has 0 spiro atoms. The zero-order chi connectivity index (χ0) is 10.1. The number of nitrogens with zero attached hydrogens (tertiary/aromatic N) is 1. The van der Waals surface area contributed by atoms with Crippen LogP contribution in [0.2, 0.25) is 0 Å². The number of nitrogens with two attached hydrogens (primary N) is 2. The number of carbonyl (C=O) groups is 1. The predicted octanol–water partition coefficient (Wildman–Crippen LogP) is 0.709. The number of aromatic nitrogens is 1. The van der Waals surface area contributed by atoms with Crippen LogP contribution in [0.4, 0.5) is 5.69 Å². The van der Waals surface area contributed by atoms with E-state index in [0.29, 0.717) is 5.69 Å². The average Bonchev–Trinajstić information content (AvgIpc) is 2.47.